The van der Waals surface area contributed by atoms with Crippen molar-refractivity contribution in [2.75, 3.05) is 0 Å². The summed E-state index contributed by atoms with van der Waals surface area (Å²) in [6, 6.07) is 6.48. The van der Waals surface area contributed by atoms with E-state index >= 15 is 0 Å². The van der Waals surface area contributed by atoms with Crippen LogP contribution in [-0.2, 0) is 5.54 Å². The largest absolute Gasteiger partial charge is 0.334 e. The van der Waals surface area contributed by atoms with E-state index in [1.54, 1.807) is 24.4 Å². The molecule has 1 aliphatic carbocycles. The van der Waals surface area contributed by atoms with Crippen molar-refractivity contribution in [2.24, 2.45) is 5.73 Å². The second-order valence-corrected chi connectivity index (χ2v) is 6.29. The van der Waals surface area contributed by atoms with Gasteiger partial charge in [0.05, 0.1) is 23.0 Å². The van der Waals surface area contributed by atoms with Crippen molar-refractivity contribution in [1.82, 2.24) is 19.9 Å². The van der Waals surface area contributed by atoms with Crippen molar-refractivity contribution in [1.29, 1.82) is 0 Å². The summed E-state index contributed by atoms with van der Waals surface area (Å²) in [4.78, 5) is 4.47. The Morgan fingerprint density at radius 2 is 1.96 bits per heavy atom. The molecule has 1 fully saturated rings. The fraction of sp³-hybridized carbons (Fsp3) is 0.353. The predicted octanol–water partition coefficient (Wildman–Crippen LogP) is 3.52. The van der Waals surface area contributed by atoms with Crippen LogP contribution in [0.15, 0.2) is 35.0 Å². The minimum Gasteiger partial charge on any atom is -0.334 e. The minimum atomic E-state index is -0.503. The summed E-state index contributed by atoms with van der Waals surface area (Å²) < 4.78 is 20.9. The third kappa shape index (κ3) is 2.94. The molecule has 0 saturated heterocycles. The zero-order chi connectivity index (χ0) is 16.7. The predicted molar refractivity (Wildman–Crippen MR) is 93.1 cm³/mol. The van der Waals surface area contributed by atoms with Gasteiger partial charge in [-0.05, 0) is 31.9 Å². The Kier molecular flexibility index (Phi) is 4.62. The second kappa shape index (κ2) is 6.57. The average Bonchev–Trinajstić information content (AvgIpc) is 3.28. The van der Waals surface area contributed by atoms with Gasteiger partial charge in [0.2, 0.25) is 0 Å². The van der Waals surface area contributed by atoms with Crippen LogP contribution in [0.4, 0.5) is 4.39 Å². The summed E-state index contributed by atoms with van der Waals surface area (Å²) in [5, 5.41) is 8.33. The van der Waals surface area contributed by atoms with Crippen LogP contribution in [0.2, 0.25) is 0 Å². The molecule has 6 nitrogen and oxygen atoms in total. The first-order valence-electron chi connectivity index (χ1n) is 8.01. The van der Waals surface area contributed by atoms with Gasteiger partial charge in [-0.25, -0.2) is 9.07 Å². The van der Waals surface area contributed by atoms with E-state index in [0.29, 0.717) is 23.0 Å². The average molecular weight is 364 g/mol. The number of nitrogens with zero attached hydrogens (tertiary/aromatic N) is 4. The summed E-state index contributed by atoms with van der Waals surface area (Å²) in [7, 11) is 0. The smallest absolute Gasteiger partial charge is 0.261 e. The molecule has 0 unspecified atom stereocenters. The number of para-hydroxylation sites is 1. The zero-order valence-corrected chi connectivity index (χ0v) is 14.6. The second-order valence-electron chi connectivity index (χ2n) is 6.29. The quantitative estimate of drug-likeness (QED) is 0.769. The van der Waals surface area contributed by atoms with E-state index in [2.05, 4.69) is 15.2 Å². The van der Waals surface area contributed by atoms with Crippen molar-refractivity contribution in [3.63, 3.8) is 0 Å². The Bertz CT molecular complexity index is 885. The Hall–Kier alpha value is -2.25. The number of aromatic nitrogens is 4. The van der Waals surface area contributed by atoms with E-state index in [1.807, 2.05) is 6.92 Å². The monoisotopic (exact) mass is 363 g/mol. The molecule has 0 atom stereocenters. The van der Waals surface area contributed by atoms with Crippen molar-refractivity contribution in [3.8, 4) is 17.1 Å². The molecule has 132 valence electrons. The molecule has 2 aromatic heterocycles. The Morgan fingerprint density at radius 3 is 2.68 bits per heavy atom. The van der Waals surface area contributed by atoms with Crippen molar-refractivity contribution >= 4 is 12.4 Å². The lowest BCUT2D eigenvalue weighted by Gasteiger charge is -2.17. The molecule has 3 aromatic rings. The van der Waals surface area contributed by atoms with Crippen LogP contribution in [0.5, 0.6) is 0 Å². The standard InChI is InChI=1S/C17H18FN5O.ClH/c1-11-12(10-20-23(11)14-7-3-2-6-13(14)18)15-21-16(22-24-15)17(19)8-4-5-9-17;/h2-3,6-7,10H,4-5,8-9,19H2,1H3;1H. The SMILES string of the molecule is Cc1c(-c2nc(C3(N)CCCC3)no2)cnn1-c1ccccc1F.Cl. The molecular formula is C17H19ClFN5O. The van der Waals surface area contributed by atoms with Gasteiger partial charge in [-0.15, -0.1) is 12.4 Å². The Labute approximate surface area is 150 Å². The molecule has 0 amide bonds. The van der Waals surface area contributed by atoms with Gasteiger partial charge >= 0.3 is 0 Å². The highest BCUT2D eigenvalue weighted by atomic mass is 35.5. The van der Waals surface area contributed by atoms with Gasteiger partial charge in [0.25, 0.3) is 5.89 Å². The number of halogens is 2. The third-order valence-electron chi connectivity index (χ3n) is 4.69. The van der Waals surface area contributed by atoms with E-state index in [1.165, 1.54) is 10.7 Å². The highest BCUT2D eigenvalue weighted by Crippen LogP contribution is 2.35. The van der Waals surface area contributed by atoms with E-state index in [0.717, 1.165) is 31.4 Å². The van der Waals surface area contributed by atoms with Gasteiger partial charge in [-0.2, -0.15) is 10.1 Å². The van der Waals surface area contributed by atoms with Crippen LogP contribution in [0.1, 0.15) is 37.2 Å². The molecule has 8 heteroatoms. The van der Waals surface area contributed by atoms with Gasteiger partial charge in [-0.3, -0.25) is 0 Å². The van der Waals surface area contributed by atoms with Crippen LogP contribution in [-0.4, -0.2) is 19.9 Å². The summed E-state index contributed by atoms with van der Waals surface area (Å²) in [5.41, 5.74) is 7.66. The molecule has 0 bridgehead atoms. The highest BCUT2D eigenvalue weighted by molar-refractivity contribution is 5.85. The van der Waals surface area contributed by atoms with Crippen LogP contribution in [0.25, 0.3) is 17.1 Å². The first-order valence-corrected chi connectivity index (χ1v) is 8.01. The normalized spacial score (nSPS) is 16.0. The summed E-state index contributed by atoms with van der Waals surface area (Å²) >= 11 is 0. The molecule has 4 rings (SSSR count). The van der Waals surface area contributed by atoms with Crippen LogP contribution in [0.3, 0.4) is 0 Å². The molecule has 0 aliphatic heterocycles. The molecular weight excluding hydrogens is 345 g/mol. The van der Waals surface area contributed by atoms with Crippen LogP contribution >= 0.6 is 12.4 Å². The van der Waals surface area contributed by atoms with Gasteiger partial charge in [0.1, 0.15) is 11.5 Å². The molecule has 0 radical (unpaired) electrons. The topological polar surface area (TPSA) is 82.8 Å². The Balaban J connectivity index is 0.00000182. The molecule has 1 aromatic carbocycles. The first kappa shape index (κ1) is 17.6. The number of nitrogens with two attached hydrogens (primary N) is 1. The number of rotatable bonds is 3. The number of benzene rings is 1. The first-order chi connectivity index (χ1) is 11.6. The fourth-order valence-electron chi connectivity index (χ4n) is 3.25. The maximum absolute atomic E-state index is 14.0. The highest BCUT2D eigenvalue weighted by Gasteiger charge is 2.36. The van der Waals surface area contributed by atoms with E-state index in [4.69, 9.17) is 10.3 Å². The lowest BCUT2D eigenvalue weighted by atomic mass is 9.99. The van der Waals surface area contributed by atoms with Gasteiger partial charge in [-0.1, -0.05) is 30.1 Å². The lowest BCUT2D eigenvalue weighted by molar-refractivity contribution is 0.372. The van der Waals surface area contributed by atoms with E-state index in [9.17, 15) is 4.39 Å². The summed E-state index contributed by atoms with van der Waals surface area (Å²) in [5.74, 6) is 0.559. The zero-order valence-electron chi connectivity index (χ0n) is 13.8. The molecule has 0 spiro atoms. The maximum Gasteiger partial charge on any atom is 0.261 e. The fourth-order valence-corrected chi connectivity index (χ4v) is 3.25. The van der Waals surface area contributed by atoms with Crippen LogP contribution in [0, 0.1) is 12.7 Å². The molecule has 25 heavy (non-hydrogen) atoms. The maximum atomic E-state index is 14.0. The van der Waals surface area contributed by atoms with E-state index < -0.39 is 5.54 Å². The molecule has 2 N–H and O–H groups in total. The van der Waals surface area contributed by atoms with Gasteiger partial charge in [0.15, 0.2) is 5.82 Å². The third-order valence-corrected chi connectivity index (χ3v) is 4.69. The van der Waals surface area contributed by atoms with Crippen molar-refractivity contribution in [3.05, 3.63) is 47.8 Å². The summed E-state index contributed by atoms with van der Waals surface area (Å²) in [6.45, 7) is 1.84. The molecule has 1 saturated carbocycles. The number of hydrogen-bond acceptors (Lipinski definition) is 5. The number of hydrogen-bond donors (Lipinski definition) is 1. The van der Waals surface area contributed by atoms with Crippen molar-refractivity contribution < 1.29 is 8.91 Å². The van der Waals surface area contributed by atoms with Gasteiger partial charge in [0, 0.05) is 0 Å². The van der Waals surface area contributed by atoms with Crippen LogP contribution < -0.4 is 5.73 Å². The molecule has 1 aliphatic rings. The molecule has 2 heterocycles. The minimum absolute atomic E-state index is 0. The van der Waals surface area contributed by atoms with Gasteiger partial charge < -0.3 is 10.3 Å². The Morgan fingerprint density at radius 1 is 1.24 bits per heavy atom. The summed E-state index contributed by atoms with van der Waals surface area (Å²) in [6.07, 6.45) is 5.48. The lowest BCUT2D eigenvalue weighted by Crippen LogP contribution is -2.34. The van der Waals surface area contributed by atoms with Crippen molar-refractivity contribution in [2.45, 2.75) is 38.1 Å². The van der Waals surface area contributed by atoms with E-state index in [-0.39, 0.29) is 18.2 Å².